The van der Waals surface area contributed by atoms with Gasteiger partial charge in [-0.25, -0.2) is 9.98 Å². The fraction of sp³-hybridized carbons (Fsp3) is 0.333. The Labute approximate surface area is 161 Å². The maximum Gasteiger partial charge on any atom is 0.248 e. The second-order valence-electron chi connectivity index (χ2n) is 6.98. The maximum absolute atomic E-state index is 4.49. The third-order valence-electron chi connectivity index (χ3n) is 4.30. The first kappa shape index (κ1) is 18.8. The fourth-order valence-electron chi connectivity index (χ4n) is 2.75. The summed E-state index contributed by atoms with van der Waals surface area (Å²) in [4.78, 5) is 12.9. The van der Waals surface area contributed by atoms with Gasteiger partial charge in [-0.15, -0.1) is 10.2 Å². The van der Waals surface area contributed by atoms with Crippen LogP contribution >= 0.6 is 0 Å². The Bertz CT molecular complexity index is 837. The predicted molar refractivity (Wildman–Crippen MR) is 112 cm³/mol. The molecule has 6 nitrogen and oxygen atoms in total. The number of hydrogen-bond acceptors (Lipinski definition) is 6. The van der Waals surface area contributed by atoms with Gasteiger partial charge in [0.25, 0.3) is 0 Å². The lowest BCUT2D eigenvalue weighted by Crippen LogP contribution is -2.33. The number of nitrogens with zero attached hydrogens (tertiary/aromatic N) is 6. The number of azo groups is 1. The second kappa shape index (κ2) is 8.12. The van der Waals surface area contributed by atoms with E-state index in [1.807, 2.05) is 39.1 Å². The van der Waals surface area contributed by atoms with Crippen LogP contribution in [0.2, 0.25) is 0 Å². The van der Waals surface area contributed by atoms with E-state index in [-0.39, 0.29) is 0 Å². The Morgan fingerprint density at radius 1 is 1.00 bits per heavy atom. The molecule has 0 atom stereocenters. The molecule has 0 aliphatic carbocycles. The molecule has 0 amide bonds. The minimum Gasteiger partial charge on any atom is -0.367 e. The normalized spacial score (nSPS) is 15.9. The van der Waals surface area contributed by atoms with Crippen molar-refractivity contribution in [3.05, 3.63) is 60.2 Å². The molecule has 0 radical (unpaired) electrons. The first-order valence-corrected chi connectivity index (χ1v) is 9.15. The number of hydrogen-bond donors (Lipinski definition) is 0. The third-order valence-corrected chi connectivity index (χ3v) is 4.30. The van der Waals surface area contributed by atoms with E-state index in [2.05, 4.69) is 68.4 Å². The molecular weight excluding hydrogens is 336 g/mol. The Kier molecular flexibility index (Phi) is 5.64. The second-order valence-corrected chi connectivity index (χ2v) is 6.98. The SMILES string of the molecule is CCN(Cc1ccccc1)c1ccc(N=NC2=NC(C)(C)N=CN2C)cc1. The number of aliphatic imine (C=N–C) groups is 2. The monoisotopic (exact) mass is 362 g/mol. The van der Waals surface area contributed by atoms with Gasteiger partial charge in [0, 0.05) is 25.8 Å². The van der Waals surface area contributed by atoms with Crippen molar-refractivity contribution in [2.45, 2.75) is 33.0 Å². The molecule has 0 saturated carbocycles. The van der Waals surface area contributed by atoms with E-state index in [1.54, 1.807) is 11.2 Å². The first-order chi connectivity index (χ1) is 13.0. The summed E-state index contributed by atoms with van der Waals surface area (Å²) in [6.07, 6.45) is 1.73. The molecule has 0 spiro atoms. The number of guanidine groups is 1. The highest BCUT2D eigenvalue weighted by atomic mass is 15.4. The van der Waals surface area contributed by atoms with Crippen LogP contribution in [-0.4, -0.2) is 36.5 Å². The molecule has 2 aromatic rings. The van der Waals surface area contributed by atoms with Gasteiger partial charge in [-0.1, -0.05) is 30.3 Å². The number of rotatable bonds is 5. The van der Waals surface area contributed by atoms with Crippen molar-refractivity contribution in [1.29, 1.82) is 0 Å². The van der Waals surface area contributed by atoms with Gasteiger partial charge in [-0.3, -0.25) is 0 Å². The summed E-state index contributed by atoms with van der Waals surface area (Å²) in [5.74, 6) is 0.554. The topological polar surface area (TPSA) is 55.9 Å². The zero-order chi connectivity index (χ0) is 19.3. The largest absolute Gasteiger partial charge is 0.367 e. The van der Waals surface area contributed by atoms with Crippen molar-refractivity contribution in [3.8, 4) is 0 Å². The van der Waals surface area contributed by atoms with Gasteiger partial charge in [0.2, 0.25) is 5.96 Å². The third kappa shape index (κ3) is 5.00. The Balaban J connectivity index is 1.70. The van der Waals surface area contributed by atoms with E-state index < -0.39 is 5.66 Å². The van der Waals surface area contributed by atoms with Crippen molar-refractivity contribution in [2.75, 3.05) is 18.5 Å². The van der Waals surface area contributed by atoms with Crippen molar-refractivity contribution >= 4 is 23.7 Å². The highest BCUT2D eigenvalue weighted by Crippen LogP contribution is 2.22. The molecule has 3 rings (SSSR count). The summed E-state index contributed by atoms with van der Waals surface area (Å²) < 4.78 is 0. The number of anilines is 1. The summed E-state index contributed by atoms with van der Waals surface area (Å²) in [6.45, 7) is 7.86. The average molecular weight is 362 g/mol. The molecule has 0 saturated heterocycles. The molecule has 0 N–H and O–H groups in total. The summed E-state index contributed by atoms with van der Waals surface area (Å²) in [7, 11) is 1.86. The van der Waals surface area contributed by atoms with Crippen LogP contribution in [0, 0.1) is 0 Å². The zero-order valence-electron chi connectivity index (χ0n) is 16.4. The molecule has 0 bridgehead atoms. The van der Waals surface area contributed by atoms with E-state index in [0.29, 0.717) is 5.96 Å². The van der Waals surface area contributed by atoms with Crippen molar-refractivity contribution in [2.24, 2.45) is 20.2 Å². The Hall–Kier alpha value is -3.02. The molecule has 0 unspecified atom stereocenters. The quantitative estimate of drug-likeness (QED) is 0.713. The lowest BCUT2D eigenvalue weighted by Gasteiger charge is -2.24. The van der Waals surface area contributed by atoms with Crippen LogP contribution in [0.3, 0.4) is 0 Å². The van der Waals surface area contributed by atoms with Crippen LogP contribution in [0.25, 0.3) is 0 Å². The number of benzene rings is 2. The molecule has 2 aromatic carbocycles. The minimum atomic E-state index is -0.496. The standard InChI is InChI=1S/C21H26N6/c1-5-27(15-17-9-7-6-8-10-17)19-13-11-18(12-14-19)24-25-20-23-21(2,3)22-16-26(20)4/h6-14,16H,5,15H2,1-4H3. The van der Waals surface area contributed by atoms with Crippen molar-refractivity contribution in [1.82, 2.24) is 4.90 Å². The van der Waals surface area contributed by atoms with Gasteiger partial charge in [-0.05, 0) is 50.6 Å². The molecule has 140 valence electrons. The minimum absolute atomic E-state index is 0.496. The average Bonchev–Trinajstić information content (AvgIpc) is 2.68. The van der Waals surface area contributed by atoms with E-state index in [4.69, 9.17) is 0 Å². The summed E-state index contributed by atoms with van der Waals surface area (Å²) in [5.41, 5.74) is 2.77. The van der Waals surface area contributed by atoms with Gasteiger partial charge in [-0.2, -0.15) is 0 Å². The van der Waals surface area contributed by atoms with Crippen molar-refractivity contribution in [3.63, 3.8) is 0 Å². The molecule has 6 heteroatoms. The Morgan fingerprint density at radius 3 is 2.37 bits per heavy atom. The Morgan fingerprint density at radius 2 is 1.70 bits per heavy atom. The molecule has 0 aromatic heterocycles. The van der Waals surface area contributed by atoms with Gasteiger partial charge in [0.1, 0.15) is 5.66 Å². The van der Waals surface area contributed by atoms with Gasteiger partial charge in [0.05, 0.1) is 12.0 Å². The van der Waals surface area contributed by atoms with Crippen molar-refractivity contribution < 1.29 is 0 Å². The lowest BCUT2D eigenvalue weighted by molar-refractivity contribution is 0.515. The highest BCUT2D eigenvalue weighted by molar-refractivity contribution is 5.92. The summed E-state index contributed by atoms with van der Waals surface area (Å²) >= 11 is 0. The van der Waals surface area contributed by atoms with E-state index in [1.165, 1.54) is 11.3 Å². The fourth-order valence-corrected chi connectivity index (χ4v) is 2.75. The molecule has 1 heterocycles. The van der Waals surface area contributed by atoms with Crippen LogP contribution in [0.1, 0.15) is 26.3 Å². The van der Waals surface area contributed by atoms with Crippen LogP contribution in [-0.2, 0) is 6.54 Å². The van der Waals surface area contributed by atoms with Crippen LogP contribution in [0.4, 0.5) is 11.4 Å². The zero-order valence-corrected chi connectivity index (χ0v) is 16.4. The van der Waals surface area contributed by atoms with Crippen LogP contribution < -0.4 is 4.90 Å². The first-order valence-electron chi connectivity index (χ1n) is 9.15. The van der Waals surface area contributed by atoms with Crippen LogP contribution in [0.5, 0.6) is 0 Å². The molecular formula is C21H26N6. The van der Waals surface area contributed by atoms with E-state index in [0.717, 1.165) is 18.8 Å². The molecule has 1 aliphatic rings. The smallest absolute Gasteiger partial charge is 0.248 e. The van der Waals surface area contributed by atoms with Crippen LogP contribution in [0.15, 0.2) is 74.8 Å². The molecule has 27 heavy (non-hydrogen) atoms. The predicted octanol–water partition coefficient (Wildman–Crippen LogP) is 4.86. The highest BCUT2D eigenvalue weighted by Gasteiger charge is 2.21. The van der Waals surface area contributed by atoms with Gasteiger partial charge < -0.3 is 9.80 Å². The maximum atomic E-state index is 4.49. The lowest BCUT2D eigenvalue weighted by atomic mass is 10.2. The van der Waals surface area contributed by atoms with Gasteiger partial charge >= 0.3 is 0 Å². The molecule has 0 fully saturated rings. The molecule has 1 aliphatic heterocycles. The summed E-state index contributed by atoms with van der Waals surface area (Å²) in [5, 5.41) is 8.62. The summed E-state index contributed by atoms with van der Waals surface area (Å²) in [6, 6.07) is 18.6. The van der Waals surface area contributed by atoms with Gasteiger partial charge in [0.15, 0.2) is 0 Å². The van der Waals surface area contributed by atoms with E-state index >= 15 is 0 Å². The van der Waals surface area contributed by atoms with E-state index in [9.17, 15) is 0 Å².